The maximum atomic E-state index is 12.0. The first-order valence-corrected chi connectivity index (χ1v) is 6.98. The summed E-state index contributed by atoms with van der Waals surface area (Å²) in [5, 5.41) is 15.5. The molecule has 2 rings (SSSR count). The Bertz CT molecular complexity index is 687. The average molecular weight is 341 g/mol. The van der Waals surface area contributed by atoms with Gasteiger partial charge in [-0.25, -0.2) is 0 Å². The minimum absolute atomic E-state index is 0.0933. The number of amides is 1. The highest BCUT2D eigenvalue weighted by Gasteiger charge is 2.10. The molecular weight excluding hydrogens is 331 g/mol. The fourth-order valence-electron chi connectivity index (χ4n) is 1.61. The van der Waals surface area contributed by atoms with Crippen molar-refractivity contribution in [3.8, 4) is 5.75 Å². The van der Waals surface area contributed by atoms with E-state index in [9.17, 15) is 9.90 Å². The van der Waals surface area contributed by atoms with E-state index in [1.54, 1.807) is 12.1 Å². The SMILES string of the molecule is O=C(NC(=S)Nc1cccc(O)c1)c1cc(Cl)cc(Cl)c1. The van der Waals surface area contributed by atoms with Crippen molar-refractivity contribution in [1.29, 1.82) is 0 Å². The second-order valence-corrected chi connectivity index (χ2v) is 5.40. The number of phenolic OH excluding ortho intramolecular Hbond substituents is 1. The predicted octanol–water partition coefficient (Wildman–Crippen LogP) is 3.83. The van der Waals surface area contributed by atoms with Crippen LogP contribution in [0.2, 0.25) is 10.0 Å². The van der Waals surface area contributed by atoms with Gasteiger partial charge in [-0.1, -0.05) is 29.3 Å². The van der Waals surface area contributed by atoms with Gasteiger partial charge in [-0.05, 0) is 42.5 Å². The third kappa shape index (κ3) is 4.60. The topological polar surface area (TPSA) is 61.4 Å². The van der Waals surface area contributed by atoms with Crippen LogP contribution in [0, 0.1) is 0 Å². The van der Waals surface area contributed by atoms with Crippen molar-refractivity contribution in [2.75, 3.05) is 5.32 Å². The highest BCUT2D eigenvalue weighted by molar-refractivity contribution is 7.80. The Morgan fingerprint density at radius 1 is 1.10 bits per heavy atom. The lowest BCUT2D eigenvalue weighted by atomic mass is 10.2. The van der Waals surface area contributed by atoms with E-state index in [-0.39, 0.29) is 10.9 Å². The predicted molar refractivity (Wildman–Crippen MR) is 88.3 cm³/mol. The summed E-state index contributed by atoms with van der Waals surface area (Å²) in [7, 11) is 0. The molecule has 0 atom stereocenters. The van der Waals surface area contributed by atoms with Crippen LogP contribution in [0.5, 0.6) is 5.75 Å². The fraction of sp³-hybridized carbons (Fsp3) is 0. The van der Waals surface area contributed by atoms with E-state index in [1.165, 1.54) is 30.3 Å². The van der Waals surface area contributed by atoms with E-state index < -0.39 is 5.91 Å². The third-order valence-corrected chi connectivity index (χ3v) is 3.10. The molecule has 108 valence electrons. The number of carbonyl (C=O) groups is 1. The molecule has 0 aliphatic carbocycles. The highest BCUT2D eigenvalue weighted by atomic mass is 35.5. The van der Waals surface area contributed by atoms with E-state index in [0.717, 1.165) is 0 Å². The van der Waals surface area contributed by atoms with Gasteiger partial charge in [0.2, 0.25) is 0 Å². The first kappa shape index (κ1) is 15.6. The first-order valence-electron chi connectivity index (χ1n) is 5.81. The van der Waals surface area contributed by atoms with Crippen LogP contribution in [0.25, 0.3) is 0 Å². The van der Waals surface area contributed by atoms with Gasteiger partial charge < -0.3 is 10.4 Å². The zero-order chi connectivity index (χ0) is 15.4. The van der Waals surface area contributed by atoms with Crippen molar-refractivity contribution in [1.82, 2.24) is 5.32 Å². The van der Waals surface area contributed by atoms with Gasteiger partial charge >= 0.3 is 0 Å². The number of carbonyl (C=O) groups excluding carboxylic acids is 1. The molecule has 0 aliphatic heterocycles. The van der Waals surface area contributed by atoms with Crippen LogP contribution in [0.3, 0.4) is 0 Å². The maximum Gasteiger partial charge on any atom is 0.257 e. The maximum absolute atomic E-state index is 12.0. The number of hydrogen-bond donors (Lipinski definition) is 3. The van der Waals surface area contributed by atoms with Gasteiger partial charge in [-0.15, -0.1) is 0 Å². The summed E-state index contributed by atoms with van der Waals surface area (Å²) in [5.74, 6) is -0.340. The van der Waals surface area contributed by atoms with Crippen LogP contribution in [-0.4, -0.2) is 16.1 Å². The standard InChI is InChI=1S/C14H10Cl2N2O2S/c15-9-4-8(5-10(16)6-9)13(20)18-14(21)17-11-2-1-3-12(19)7-11/h1-7,19H,(H2,17,18,20,21). The van der Waals surface area contributed by atoms with Crippen LogP contribution < -0.4 is 10.6 Å². The third-order valence-electron chi connectivity index (χ3n) is 2.46. The number of rotatable bonds is 2. The van der Waals surface area contributed by atoms with Crippen LogP contribution >= 0.6 is 35.4 Å². The summed E-state index contributed by atoms with van der Waals surface area (Å²) < 4.78 is 0. The minimum atomic E-state index is -0.433. The summed E-state index contributed by atoms with van der Waals surface area (Å²) in [6.07, 6.45) is 0. The van der Waals surface area contributed by atoms with Gasteiger partial charge in [0.15, 0.2) is 5.11 Å². The molecular formula is C14H10Cl2N2O2S. The first-order chi connectivity index (χ1) is 9.94. The molecule has 21 heavy (non-hydrogen) atoms. The van der Waals surface area contributed by atoms with Gasteiger partial charge in [0, 0.05) is 27.4 Å². The zero-order valence-corrected chi connectivity index (χ0v) is 12.9. The quantitative estimate of drug-likeness (QED) is 0.727. The highest BCUT2D eigenvalue weighted by Crippen LogP contribution is 2.19. The Balaban J connectivity index is 2.03. The molecule has 0 radical (unpaired) electrons. The number of phenols is 1. The largest absolute Gasteiger partial charge is 0.508 e. The molecule has 0 heterocycles. The van der Waals surface area contributed by atoms with E-state index in [1.807, 2.05) is 0 Å². The number of hydrogen-bond acceptors (Lipinski definition) is 3. The number of halogens is 2. The molecule has 0 saturated heterocycles. The van der Waals surface area contributed by atoms with Crippen molar-refractivity contribution >= 4 is 52.1 Å². The summed E-state index contributed by atoms with van der Waals surface area (Å²) in [6, 6.07) is 10.9. The Morgan fingerprint density at radius 2 is 1.76 bits per heavy atom. The van der Waals surface area contributed by atoms with Crippen molar-refractivity contribution in [2.24, 2.45) is 0 Å². The Kier molecular flexibility index (Phi) is 5.01. The molecule has 4 nitrogen and oxygen atoms in total. The monoisotopic (exact) mass is 340 g/mol. The van der Waals surface area contributed by atoms with E-state index >= 15 is 0 Å². The summed E-state index contributed by atoms with van der Waals surface area (Å²) >= 11 is 16.7. The molecule has 3 N–H and O–H groups in total. The molecule has 2 aromatic rings. The van der Waals surface area contributed by atoms with Gasteiger partial charge in [0.25, 0.3) is 5.91 Å². The molecule has 1 amide bonds. The van der Waals surface area contributed by atoms with Crippen molar-refractivity contribution in [2.45, 2.75) is 0 Å². The van der Waals surface area contributed by atoms with Gasteiger partial charge in [-0.3, -0.25) is 10.1 Å². The van der Waals surface area contributed by atoms with Gasteiger partial charge in [0.05, 0.1) is 0 Å². The molecule has 0 bridgehead atoms. The van der Waals surface area contributed by atoms with Crippen molar-refractivity contribution in [3.63, 3.8) is 0 Å². The number of thiocarbonyl (C=S) groups is 1. The summed E-state index contributed by atoms with van der Waals surface area (Å²) in [4.78, 5) is 12.0. The number of nitrogens with one attached hydrogen (secondary N) is 2. The van der Waals surface area contributed by atoms with Crippen LogP contribution in [0.1, 0.15) is 10.4 Å². The Labute approximate surface area is 136 Å². The molecule has 0 unspecified atom stereocenters. The molecule has 0 saturated carbocycles. The van der Waals surface area contributed by atoms with Crippen LogP contribution in [0.4, 0.5) is 5.69 Å². The van der Waals surface area contributed by atoms with E-state index in [2.05, 4.69) is 10.6 Å². The lowest BCUT2D eigenvalue weighted by molar-refractivity contribution is 0.0977. The molecule has 0 aliphatic rings. The van der Waals surface area contributed by atoms with Crippen LogP contribution in [0.15, 0.2) is 42.5 Å². The summed E-state index contributed by atoms with van der Waals surface area (Å²) in [5.41, 5.74) is 0.858. The molecule has 0 aromatic heterocycles. The zero-order valence-electron chi connectivity index (χ0n) is 10.6. The minimum Gasteiger partial charge on any atom is -0.508 e. The van der Waals surface area contributed by atoms with E-state index in [4.69, 9.17) is 35.4 Å². The summed E-state index contributed by atoms with van der Waals surface area (Å²) in [6.45, 7) is 0. The van der Waals surface area contributed by atoms with Crippen LogP contribution in [-0.2, 0) is 0 Å². The second kappa shape index (κ2) is 6.76. The molecule has 2 aromatic carbocycles. The smallest absolute Gasteiger partial charge is 0.257 e. The molecule has 0 fully saturated rings. The lowest BCUT2D eigenvalue weighted by Gasteiger charge is -2.10. The van der Waals surface area contributed by atoms with E-state index in [0.29, 0.717) is 21.3 Å². The van der Waals surface area contributed by atoms with Crippen molar-refractivity contribution < 1.29 is 9.90 Å². The number of aromatic hydroxyl groups is 1. The molecule has 7 heteroatoms. The average Bonchev–Trinajstić information content (AvgIpc) is 2.37. The number of benzene rings is 2. The van der Waals surface area contributed by atoms with Crippen molar-refractivity contribution in [3.05, 3.63) is 58.1 Å². The lowest BCUT2D eigenvalue weighted by Crippen LogP contribution is -2.34. The normalized spacial score (nSPS) is 10.0. The van der Waals surface area contributed by atoms with Gasteiger partial charge in [-0.2, -0.15) is 0 Å². The Morgan fingerprint density at radius 3 is 2.38 bits per heavy atom. The molecule has 0 spiro atoms. The van der Waals surface area contributed by atoms with Gasteiger partial charge in [0.1, 0.15) is 5.75 Å². The fourth-order valence-corrected chi connectivity index (χ4v) is 2.34. The number of anilines is 1. The Hall–Kier alpha value is -1.82. The second-order valence-electron chi connectivity index (χ2n) is 4.12.